The van der Waals surface area contributed by atoms with Gasteiger partial charge in [-0.2, -0.15) is 5.10 Å². The summed E-state index contributed by atoms with van der Waals surface area (Å²) in [5.74, 6) is 1.29. The van der Waals surface area contributed by atoms with Crippen molar-refractivity contribution in [1.29, 1.82) is 0 Å². The Morgan fingerprint density at radius 1 is 1.16 bits per heavy atom. The molecule has 3 aromatic rings. The quantitative estimate of drug-likeness (QED) is 0.447. The van der Waals surface area contributed by atoms with Gasteiger partial charge in [0, 0.05) is 41.0 Å². The number of benzene rings is 2. The van der Waals surface area contributed by atoms with Crippen molar-refractivity contribution in [3.63, 3.8) is 0 Å². The average molecular weight is 451 g/mol. The highest BCUT2D eigenvalue weighted by atomic mass is 35.5. The monoisotopic (exact) mass is 450 g/mol. The number of carbonyl (C=O) groups excluding carboxylic acids is 1. The summed E-state index contributed by atoms with van der Waals surface area (Å²) in [5.41, 5.74) is 6.15. The number of pyridine rings is 1. The summed E-state index contributed by atoms with van der Waals surface area (Å²) in [5, 5.41) is 4.82. The number of rotatable bonds is 6. The lowest BCUT2D eigenvalue weighted by Gasteiger charge is -2.27. The average Bonchev–Trinajstić information content (AvgIpc) is 2.85. The van der Waals surface area contributed by atoms with Crippen LogP contribution in [0.25, 0.3) is 11.1 Å². The maximum atomic E-state index is 12.8. The predicted molar refractivity (Wildman–Crippen MR) is 126 cm³/mol. The highest BCUT2D eigenvalue weighted by molar-refractivity contribution is 6.30. The molecule has 1 aromatic heterocycles. The number of hydrazone groups is 1. The molecule has 2 heterocycles. The Bertz CT molecular complexity index is 1110. The zero-order chi connectivity index (χ0) is 22.3. The molecule has 0 radical (unpaired) electrons. The summed E-state index contributed by atoms with van der Waals surface area (Å²) in [6, 6.07) is 16.7. The van der Waals surface area contributed by atoms with E-state index in [1.54, 1.807) is 37.7 Å². The van der Waals surface area contributed by atoms with Crippen LogP contribution in [0.1, 0.15) is 15.9 Å². The molecule has 0 aliphatic carbocycles. The summed E-state index contributed by atoms with van der Waals surface area (Å²) in [6.45, 7) is 2.39. The third-order valence-electron chi connectivity index (χ3n) is 5.08. The molecule has 1 aliphatic heterocycles. The lowest BCUT2D eigenvalue weighted by atomic mass is 10.0. The first kappa shape index (κ1) is 21.8. The number of hydrogen-bond acceptors (Lipinski definition) is 6. The summed E-state index contributed by atoms with van der Waals surface area (Å²) >= 11 is 6.04. The molecule has 7 nitrogen and oxygen atoms in total. The molecule has 1 N–H and O–H groups in total. The van der Waals surface area contributed by atoms with Crippen LogP contribution in [0.4, 0.5) is 5.82 Å². The highest BCUT2D eigenvalue weighted by Gasteiger charge is 2.18. The number of nitrogens with zero attached hydrogens (tertiary/aromatic N) is 3. The Labute approximate surface area is 191 Å². The molecule has 0 saturated carbocycles. The number of anilines is 1. The van der Waals surface area contributed by atoms with Crippen LogP contribution in [-0.2, 0) is 4.74 Å². The minimum Gasteiger partial charge on any atom is -0.496 e. The zero-order valence-electron chi connectivity index (χ0n) is 17.6. The van der Waals surface area contributed by atoms with Crippen molar-refractivity contribution in [2.45, 2.75) is 0 Å². The number of methoxy groups -OCH3 is 1. The van der Waals surface area contributed by atoms with E-state index in [0.717, 1.165) is 16.7 Å². The molecule has 1 saturated heterocycles. The topological polar surface area (TPSA) is 76.0 Å². The Morgan fingerprint density at radius 2 is 2.00 bits per heavy atom. The lowest BCUT2D eigenvalue weighted by Crippen LogP contribution is -2.40. The summed E-state index contributed by atoms with van der Waals surface area (Å²) in [7, 11) is 1.60. The fraction of sp³-hybridized carbons (Fsp3) is 0.208. The van der Waals surface area contributed by atoms with Crippen LogP contribution in [0.3, 0.4) is 0 Å². The maximum absolute atomic E-state index is 12.8. The fourth-order valence-corrected chi connectivity index (χ4v) is 3.57. The van der Waals surface area contributed by atoms with Gasteiger partial charge in [0.25, 0.3) is 5.91 Å². The Hall–Kier alpha value is -3.42. The van der Waals surface area contributed by atoms with Crippen molar-refractivity contribution in [2.75, 3.05) is 38.8 Å². The van der Waals surface area contributed by atoms with Gasteiger partial charge in [-0.15, -0.1) is 0 Å². The van der Waals surface area contributed by atoms with E-state index in [-0.39, 0.29) is 5.91 Å². The second kappa shape index (κ2) is 10.3. The van der Waals surface area contributed by atoms with Crippen LogP contribution < -0.4 is 10.2 Å². The van der Waals surface area contributed by atoms with Gasteiger partial charge in [0.15, 0.2) is 0 Å². The van der Waals surface area contributed by atoms with Gasteiger partial charge >= 0.3 is 0 Å². The van der Waals surface area contributed by atoms with Crippen molar-refractivity contribution in [2.24, 2.45) is 5.10 Å². The molecule has 8 heteroatoms. The number of hydrogen-bond donors (Lipinski definition) is 1. The number of aromatic nitrogens is 1. The molecule has 0 bridgehead atoms. The molecular weight excluding hydrogens is 428 g/mol. The van der Waals surface area contributed by atoms with Gasteiger partial charge in [-0.1, -0.05) is 23.7 Å². The minimum absolute atomic E-state index is 0.0205. The normalized spacial score (nSPS) is 13.9. The van der Waals surface area contributed by atoms with Gasteiger partial charge in [-0.3, -0.25) is 10.2 Å². The second-order valence-corrected chi connectivity index (χ2v) is 7.61. The number of nitrogens with one attached hydrogen (secondary N) is 1. The zero-order valence-corrected chi connectivity index (χ0v) is 18.4. The number of carbonyl (C=O) groups is 1. The fourth-order valence-electron chi connectivity index (χ4n) is 3.39. The van der Waals surface area contributed by atoms with E-state index in [4.69, 9.17) is 21.1 Å². The third-order valence-corrected chi connectivity index (χ3v) is 5.31. The Morgan fingerprint density at radius 3 is 2.75 bits per heavy atom. The van der Waals surface area contributed by atoms with Crippen LogP contribution in [0, 0.1) is 0 Å². The van der Waals surface area contributed by atoms with E-state index in [0.29, 0.717) is 48.5 Å². The Balaban J connectivity index is 1.44. The summed E-state index contributed by atoms with van der Waals surface area (Å²) in [6.07, 6.45) is 3.37. The minimum atomic E-state index is 0.0205. The van der Waals surface area contributed by atoms with Crippen molar-refractivity contribution in [3.8, 4) is 16.9 Å². The first-order chi connectivity index (χ1) is 15.6. The molecule has 4 rings (SSSR count). The van der Waals surface area contributed by atoms with Crippen molar-refractivity contribution in [1.82, 2.24) is 9.88 Å². The van der Waals surface area contributed by atoms with Crippen LogP contribution in [0.15, 0.2) is 65.9 Å². The number of halogens is 1. The van der Waals surface area contributed by atoms with E-state index in [9.17, 15) is 4.79 Å². The van der Waals surface area contributed by atoms with E-state index >= 15 is 0 Å². The number of ether oxygens (including phenoxy) is 2. The summed E-state index contributed by atoms with van der Waals surface area (Å²) in [4.78, 5) is 19.0. The van der Waals surface area contributed by atoms with Crippen LogP contribution >= 0.6 is 11.6 Å². The van der Waals surface area contributed by atoms with E-state index in [2.05, 4.69) is 15.5 Å². The largest absolute Gasteiger partial charge is 0.496 e. The number of morpholine rings is 1. The molecular formula is C24H23ClN4O3. The molecule has 0 atom stereocenters. The van der Waals surface area contributed by atoms with Crippen molar-refractivity contribution in [3.05, 3.63) is 76.9 Å². The van der Waals surface area contributed by atoms with Crippen LogP contribution in [0.5, 0.6) is 5.75 Å². The lowest BCUT2D eigenvalue weighted by molar-refractivity contribution is 0.0303. The first-order valence-electron chi connectivity index (χ1n) is 10.2. The highest BCUT2D eigenvalue weighted by Crippen LogP contribution is 2.23. The molecule has 32 heavy (non-hydrogen) atoms. The van der Waals surface area contributed by atoms with Gasteiger partial charge < -0.3 is 14.4 Å². The SMILES string of the molecule is COc1ccc(Cl)cc1/C=N/Nc1ccc(-c2cccc(C(=O)N3CCOCC3)c2)cn1. The van der Waals surface area contributed by atoms with Gasteiger partial charge in [0.2, 0.25) is 0 Å². The molecule has 2 aromatic carbocycles. The molecule has 1 amide bonds. The van der Waals surface area contributed by atoms with Crippen molar-refractivity contribution < 1.29 is 14.3 Å². The standard InChI is InChI=1S/C24H23ClN4O3/c1-31-22-7-6-21(25)14-20(22)16-27-28-23-8-5-19(15-26-23)17-3-2-4-18(13-17)24(30)29-9-11-32-12-10-29/h2-8,13-16H,9-12H2,1H3,(H,26,28)/b27-16+. The maximum Gasteiger partial charge on any atom is 0.254 e. The first-order valence-corrected chi connectivity index (χ1v) is 10.6. The number of amides is 1. The smallest absolute Gasteiger partial charge is 0.254 e. The molecule has 0 unspecified atom stereocenters. The van der Waals surface area contributed by atoms with Gasteiger partial charge in [0.05, 0.1) is 26.5 Å². The molecule has 164 valence electrons. The third kappa shape index (κ3) is 5.25. The van der Waals surface area contributed by atoms with E-state index in [1.807, 2.05) is 41.3 Å². The van der Waals surface area contributed by atoms with Crippen LogP contribution in [-0.4, -0.2) is 55.4 Å². The second-order valence-electron chi connectivity index (χ2n) is 7.17. The molecule has 0 spiro atoms. The molecule has 1 aliphatic rings. The van der Waals surface area contributed by atoms with Crippen molar-refractivity contribution >= 4 is 29.5 Å². The van der Waals surface area contributed by atoms with E-state index in [1.165, 1.54) is 0 Å². The van der Waals surface area contributed by atoms with E-state index < -0.39 is 0 Å². The summed E-state index contributed by atoms with van der Waals surface area (Å²) < 4.78 is 10.6. The Kier molecular flexibility index (Phi) is 6.99. The van der Waals surface area contributed by atoms with Crippen LogP contribution in [0.2, 0.25) is 5.02 Å². The van der Waals surface area contributed by atoms with Gasteiger partial charge in [-0.05, 0) is 48.0 Å². The molecule has 1 fully saturated rings. The van der Waals surface area contributed by atoms with Gasteiger partial charge in [0.1, 0.15) is 11.6 Å². The van der Waals surface area contributed by atoms with Gasteiger partial charge in [-0.25, -0.2) is 4.98 Å². The predicted octanol–water partition coefficient (Wildman–Crippen LogP) is 4.33.